The van der Waals surface area contributed by atoms with Gasteiger partial charge in [0, 0.05) is 12.4 Å². The SMILES string of the molecule is CCNC1NC(=O)C2NC=CN=C2N1. The van der Waals surface area contributed by atoms with Crippen molar-refractivity contribution in [1.29, 1.82) is 0 Å². The van der Waals surface area contributed by atoms with E-state index in [-0.39, 0.29) is 18.2 Å². The summed E-state index contributed by atoms with van der Waals surface area (Å²) in [6, 6.07) is -0.380. The van der Waals surface area contributed by atoms with Crippen LogP contribution in [0.3, 0.4) is 0 Å². The van der Waals surface area contributed by atoms with Crippen molar-refractivity contribution >= 4 is 11.7 Å². The van der Waals surface area contributed by atoms with E-state index in [0.29, 0.717) is 5.84 Å². The smallest absolute Gasteiger partial charge is 0.252 e. The largest absolute Gasteiger partial charge is 0.372 e. The Morgan fingerprint density at radius 1 is 1.57 bits per heavy atom. The molecule has 0 aromatic rings. The highest BCUT2D eigenvalue weighted by Gasteiger charge is 2.32. The Morgan fingerprint density at radius 3 is 3.21 bits per heavy atom. The van der Waals surface area contributed by atoms with Gasteiger partial charge in [0.05, 0.1) is 0 Å². The standard InChI is InChI=1S/C8H13N5O/c1-2-9-8-12-6-5(7(14)13-8)10-3-4-11-6/h3-5,8-10H,2H2,1H3,(H,11,12)(H,13,14). The van der Waals surface area contributed by atoms with Crippen LogP contribution in [0.5, 0.6) is 0 Å². The Bertz CT molecular complexity index is 298. The maximum absolute atomic E-state index is 11.5. The molecule has 4 N–H and O–H groups in total. The van der Waals surface area contributed by atoms with E-state index < -0.39 is 0 Å². The summed E-state index contributed by atoms with van der Waals surface area (Å²) in [5.41, 5.74) is 0. The molecule has 76 valence electrons. The minimum Gasteiger partial charge on any atom is -0.372 e. The van der Waals surface area contributed by atoms with Crippen molar-refractivity contribution in [2.45, 2.75) is 19.3 Å². The Kier molecular flexibility index (Phi) is 2.36. The molecule has 0 bridgehead atoms. The lowest BCUT2D eigenvalue weighted by Crippen LogP contribution is -2.69. The minimum absolute atomic E-state index is 0.0715. The molecular formula is C8H13N5O. The van der Waals surface area contributed by atoms with Gasteiger partial charge in [0.1, 0.15) is 5.84 Å². The lowest BCUT2D eigenvalue weighted by molar-refractivity contribution is -0.123. The molecule has 6 heteroatoms. The minimum atomic E-state index is -0.380. The summed E-state index contributed by atoms with van der Waals surface area (Å²) in [7, 11) is 0. The van der Waals surface area contributed by atoms with Crippen molar-refractivity contribution in [2.24, 2.45) is 4.99 Å². The molecule has 14 heavy (non-hydrogen) atoms. The second kappa shape index (κ2) is 3.67. The molecule has 1 amide bonds. The van der Waals surface area contributed by atoms with Gasteiger partial charge >= 0.3 is 0 Å². The molecular weight excluding hydrogens is 182 g/mol. The van der Waals surface area contributed by atoms with E-state index in [1.807, 2.05) is 6.92 Å². The van der Waals surface area contributed by atoms with Gasteiger partial charge in [-0.05, 0) is 6.54 Å². The highest BCUT2D eigenvalue weighted by molar-refractivity contribution is 6.09. The van der Waals surface area contributed by atoms with Gasteiger partial charge in [-0.3, -0.25) is 10.1 Å². The van der Waals surface area contributed by atoms with Crippen molar-refractivity contribution in [1.82, 2.24) is 21.3 Å². The number of fused-ring (bicyclic) bond motifs is 1. The zero-order chi connectivity index (χ0) is 9.97. The van der Waals surface area contributed by atoms with Crippen molar-refractivity contribution in [2.75, 3.05) is 6.54 Å². The molecule has 0 aromatic carbocycles. The maximum atomic E-state index is 11.5. The third kappa shape index (κ3) is 1.56. The summed E-state index contributed by atoms with van der Waals surface area (Å²) >= 11 is 0. The van der Waals surface area contributed by atoms with Crippen molar-refractivity contribution in [3.63, 3.8) is 0 Å². The quantitative estimate of drug-likeness (QED) is 0.430. The number of rotatable bonds is 2. The third-order valence-electron chi connectivity index (χ3n) is 2.07. The van der Waals surface area contributed by atoms with Gasteiger partial charge in [0.15, 0.2) is 12.3 Å². The average Bonchev–Trinajstić information content (AvgIpc) is 2.18. The van der Waals surface area contributed by atoms with E-state index >= 15 is 0 Å². The summed E-state index contributed by atoms with van der Waals surface area (Å²) in [6.07, 6.45) is 3.06. The fraction of sp³-hybridized carbons (Fsp3) is 0.500. The predicted octanol–water partition coefficient (Wildman–Crippen LogP) is -1.56. The van der Waals surface area contributed by atoms with Gasteiger partial charge in [-0.25, -0.2) is 4.99 Å². The van der Waals surface area contributed by atoms with E-state index in [9.17, 15) is 4.79 Å². The van der Waals surface area contributed by atoms with Crippen LogP contribution in [0.25, 0.3) is 0 Å². The van der Waals surface area contributed by atoms with Gasteiger partial charge in [-0.2, -0.15) is 0 Å². The molecule has 0 radical (unpaired) electrons. The monoisotopic (exact) mass is 195 g/mol. The highest BCUT2D eigenvalue weighted by Crippen LogP contribution is 2.00. The van der Waals surface area contributed by atoms with Crippen LogP contribution in [-0.2, 0) is 4.79 Å². The summed E-state index contributed by atoms with van der Waals surface area (Å²) in [6.45, 7) is 2.75. The van der Waals surface area contributed by atoms with Crippen molar-refractivity contribution in [3.05, 3.63) is 12.4 Å². The van der Waals surface area contributed by atoms with Crippen LogP contribution in [0.2, 0.25) is 0 Å². The Hall–Kier alpha value is -1.56. The first kappa shape index (κ1) is 9.01. The molecule has 2 heterocycles. The molecule has 0 aliphatic carbocycles. The van der Waals surface area contributed by atoms with Crippen LogP contribution in [0, 0.1) is 0 Å². The first-order valence-electron chi connectivity index (χ1n) is 4.60. The number of carbonyl (C=O) groups is 1. The second-order valence-corrected chi connectivity index (χ2v) is 3.07. The zero-order valence-corrected chi connectivity index (χ0v) is 7.87. The number of carbonyl (C=O) groups excluding carboxylic acids is 1. The van der Waals surface area contributed by atoms with Gasteiger partial charge in [-0.1, -0.05) is 6.92 Å². The summed E-state index contributed by atoms with van der Waals surface area (Å²) in [5, 5.41) is 11.8. The third-order valence-corrected chi connectivity index (χ3v) is 2.07. The molecule has 1 fully saturated rings. The number of amidine groups is 1. The van der Waals surface area contributed by atoms with Crippen molar-refractivity contribution in [3.8, 4) is 0 Å². The topological polar surface area (TPSA) is 77.5 Å². The average molecular weight is 195 g/mol. The second-order valence-electron chi connectivity index (χ2n) is 3.07. The van der Waals surface area contributed by atoms with E-state index in [1.165, 1.54) is 0 Å². The first-order chi connectivity index (χ1) is 6.81. The van der Waals surface area contributed by atoms with Crippen molar-refractivity contribution < 1.29 is 4.79 Å². The lowest BCUT2D eigenvalue weighted by atomic mass is 10.2. The van der Waals surface area contributed by atoms with Gasteiger partial charge in [0.2, 0.25) is 0 Å². The Balaban J connectivity index is 2.10. The van der Waals surface area contributed by atoms with Crippen LogP contribution < -0.4 is 21.3 Å². The van der Waals surface area contributed by atoms with E-state index in [4.69, 9.17) is 0 Å². The number of hydrogen-bond acceptors (Lipinski definition) is 5. The fourth-order valence-electron chi connectivity index (χ4n) is 1.45. The van der Waals surface area contributed by atoms with E-state index in [1.54, 1.807) is 12.4 Å². The molecule has 0 spiro atoms. The summed E-state index contributed by atoms with van der Waals surface area (Å²) in [4.78, 5) is 15.6. The molecule has 2 atom stereocenters. The molecule has 2 rings (SSSR count). The molecule has 6 nitrogen and oxygen atoms in total. The Labute approximate surface area is 81.8 Å². The number of nitrogens with one attached hydrogen (secondary N) is 4. The number of nitrogens with zero attached hydrogens (tertiary/aromatic N) is 1. The molecule has 2 aliphatic heterocycles. The fourth-order valence-corrected chi connectivity index (χ4v) is 1.45. The predicted molar refractivity (Wildman–Crippen MR) is 52.2 cm³/mol. The molecule has 2 aliphatic rings. The molecule has 1 saturated heterocycles. The van der Waals surface area contributed by atoms with E-state index in [0.717, 1.165) is 6.54 Å². The van der Waals surface area contributed by atoms with Crippen LogP contribution in [0.4, 0.5) is 0 Å². The van der Waals surface area contributed by atoms with E-state index in [2.05, 4.69) is 26.3 Å². The molecule has 2 unspecified atom stereocenters. The summed E-state index contributed by atoms with van der Waals surface area (Å²) < 4.78 is 0. The van der Waals surface area contributed by atoms with Gasteiger partial charge in [0.25, 0.3) is 5.91 Å². The lowest BCUT2D eigenvalue weighted by Gasteiger charge is -2.33. The summed E-state index contributed by atoms with van der Waals surface area (Å²) in [5.74, 6) is 0.583. The zero-order valence-electron chi connectivity index (χ0n) is 7.87. The number of aliphatic imine (C=N–C) groups is 1. The normalized spacial score (nSPS) is 29.5. The number of amides is 1. The molecule has 0 aromatic heterocycles. The highest BCUT2D eigenvalue weighted by atomic mass is 16.2. The Morgan fingerprint density at radius 2 is 2.43 bits per heavy atom. The molecule has 0 saturated carbocycles. The van der Waals surface area contributed by atoms with Gasteiger partial charge < -0.3 is 16.0 Å². The number of hydrogen-bond donors (Lipinski definition) is 4. The van der Waals surface area contributed by atoms with Crippen LogP contribution in [0.1, 0.15) is 6.92 Å². The first-order valence-corrected chi connectivity index (χ1v) is 4.60. The van der Waals surface area contributed by atoms with Crippen LogP contribution in [0.15, 0.2) is 17.4 Å². The maximum Gasteiger partial charge on any atom is 0.252 e. The van der Waals surface area contributed by atoms with Crippen LogP contribution >= 0.6 is 0 Å². The van der Waals surface area contributed by atoms with Crippen LogP contribution in [-0.4, -0.2) is 30.6 Å². The van der Waals surface area contributed by atoms with Gasteiger partial charge in [-0.15, -0.1) is 0 Å².